The molecule has 6 heteroatoms. The molecule has 0 bridgehead atoms. The van der Waals surface area contributed by atoms with E-state index in [0.29, 0.717) is 5.56 Å². The average molecular weight is 304 g/mol. The molecule has 0 radical (unpaired) electrons. The Morgan fingerprint density at radius 3 is 2.65 bits per heavy atom. The fraction of sp³-hybridized carbons (Fsp3) is 0.571. The van der Waals surface area contributed by atoms with E-state index in [9.17, 15) is 13.2 Å². The van der Waals surface area contributed by atoms with Crippen molar-refractivity contribution < 1.29 is 13.2 Å². The van der Waals surface area contributed by atoms with Crippen LogP contribution in [0.5, 0.6) is 0 Å². The number of thioether (sulfide) groups is 1. The Morgan fingerprint density at radius 2 is 1.95 bits per heavy atom. The van der Waals surface area contributed by atoms with Crippen LogP contribution in [0.4, 0.5) is 13.2 Å². The Labute approximate surface area is 121 Å². The van der Waals surface area contributed by atoms with Crippen molar-refractivity contribution in [2.24, 2.45) is 5.73 Å². The maximum Gasteiger partial charge on any atom is 0.416 e. The first-order valence-electron chi connectivity index (χ1n) is 6.72. The van der Waals surface area contributed by atoms with Gasteiger partial charge in [0.25, 0.3) is 0 Å². The summed E-state index contributed by atoms with van der Waals surface area (Å²) in [5.41, 5.74) is 5.52. The van der Waals surface area contributed by atoms with Crippen LogP contribution in [0.2, 0.25) is 0 Å². The predicted octanol–water partition coefficient (Wildman–Crippen LogP) is 3.14. The van der Waals surface area contributed by atoms with Crippen molar-refractivity contribution >= 4 is 11.8 Å². The summed E-state index contributed by atoms with van der Waals surface area (Å²) in [6, 6.07) is 5.42. The smallest absolute Gasteiger partial charge is 0.329 e. The first kappa shape index (κ1) is 15.7. The van der Waals surface area contributed by atoms with Gasteiger partial charge in [0.1, 0.15) is 0 Å². The van der Waals surface area contributed by atoms with Gasteiger partial charge in [0, 0.05) is 24.9 Å². The van der Waals surface area contributed by atoms with Crippen molar-refractivity contribution in [3.8, 4) is 0 Å². The number of hydrogen-bond acceptors (Lipinski definition) is 3. The Morgan fingerprint density at radius 1 is 1.20 bits per heavy atom. The second-order valence-corrected chi connectivity index (χ2v) is 6.06. The zero-order valence-electron chi connectivity index (χ0n) is 11.2. The van der Waals surface area contributed by atoms with Crippen LogP contribution in [-0.4, -0.2) is 36.0 Å². The molecule has 0 spiro atoms. The highest BCUT2D eigenvalue weighted by atomic mass is 32.2. The fourth-order valence-corrected chi connectivity index (χ4v) is 3.50. The maximum atomic E-state index is 13.1. The molecule has 1 aliphatic rings. The Hall–Kier alpha value is -0.720. The fourth-order valence-electron chi connectivity index (χ4n) is 2.60. The van der Waals surface area contributed by atoms with Gasteiger partial charge in [0.15, 0.2) is 0 Å². The van der Waals surface area contributed by atoms with Crippen LogP contribution in [0.3, 0.4) is 0 Å². The van der Waals surface area contributed by atoms with E-state index in [1.165, 1.54) is 6.07 Å². The summed E-state index contributed by atoms with van der Waals surface area (Å²) in [5, 5.41) is 0. The van der Waals surface area contributed by atoms with Crippen LogP contribution in [0.1, 0.15) is 23.6 Å². The van der Waals surface area contributed by atoms with Gasteiger partial charge in [-0.1, -0.05) is 18.2 Å². The van der Waals surface area contributed by atoms with Gasteiger partial charge in [0.2, 0.25) is 0 Å². The molecule has 1 heterocycles. The molecule has 2 N–H and O–H groups in total. The molecule has 0 aliphatic carbocycles. The molecular weight excluding hydrogens is 285 g/mol. The zero-order chi connectivity index (χ0) is 14.6. The Balaban J connectivity index is 2.31. The maximum absolute atomic E-state index is 13.1. The number of rotatable bonds is 3. The van der Waals surface area contributed by atoms with E-state index in [-0.39, 0.29) is 12.6 Å². The number of halogens is 3. The minimum absolute atomic E-state index is 0.206. The Kier molecular flexibility index (Phi) is 5.35. The van der Waals surface area contributed by atoms with Crippen molar-refractivity contribution in [3.63, 3.8) is 0 Å². The van der Waals surface area contributed by atoms with Crippen LogP contribution < -0.4 is 5.73 Å². The monoisotopic (exact) mass is 304 g/mol. The molecule has 0 aromatic heterocycles. The standard InChI is InChI=1S/C14H19F3N2S/c15-14(16,17)12-5-2-1-4-11(12)13(10-18)19-6-3-8-20-9-7-19/h1-2,4-5,13H,3,6-10,18H2. The number of alkyl halides is 3. The molecule has 1 aromatic rings. The lowest BCUT2D eigenvalue weighted by Crippen LogP contribution is -2.36. The second kappa shape index (κ2) is 6.83. The topological polar surface area (TPSA) is 29.3 Å². The summed E-state index contributed by atoms with van der Waals surface area (Å²) in [6.45, 7) is 1.80. The minimum Gasteiger partial charge on any atom is -0.329 e. The highest BCUT2D eigenvalue weighted by Gasteiger charge is 2.36. The highest BCUT2D eigenvalue weighted by Crippen LogP contribution is 2.36. The Bertz CT molecular complexity index is 429. The predicted molar refractivity (Wildman–Crippen MR) is 76.8 cm³/mol. The van der Waals surface area contributed by atoms with Gasteiger partial charge in [-0.05, 0) is 30.3 Å². The van der Waals surface area contributed by atoms with Crippen molar-refractivity contribution in [2.75, 3.05) is 31.1 Å². The van der Waals surface area contributed by atoms with Gasteiger partial charge in [-0.3, -0.25) is 4.90 Å². The van der Waals surface area contributed by atoms with Gasteiger partial charge in [-0.25, -0.2) is 0 Å². The van der Waals surface area contributed by atoms with Crippen LogP contribution in [0.25, 0.3) is 0 Å². The molecule has 1 aromatic carbocycles. The van der Waals surface area contributed by atoms with E-state index in [0.717, 1.165) is 37.1 Å². The molecule has 0 amide bonds. The lowest BCUT2D eigenvalue weighted by atomic mass is 9.98. The van der Waals surface area contributed by atoms with E-state index in [1.807, 2.05) is 11.8 Å². The number of nitrogens with two attached hydrogens (primary N) is 1. The molecule has 0 saturated carbocycles. The SMILES string of the molecule is NCC(c1ccccc1C(F)(F)F)N1CCCSCC1. The van der Waals surface area contributed by atoms with Gasteiger partial charge >= 0.3 is 6.18 Å². The summed E-state index contributed by atoms with van der Waals surface area (Å²) >= 11 is 1.85. The number of hydrogen-bond donors (Lipinski definition) is 1. The molecule has 2 nitrogen and oxygen atoms in total. The summed E-state index contributed by atoms with van der Waals surface area (Å²) in [6.07, 6.45) is -3.33. The second-order valence-electron chi connectivity index (χ2n) is 4.84. The van der Waals surface area contributed by atoms with Crippen molar-refractivity contribution in [3.05, 3.63) is 35.4 Å². The lowest BCUT2D eigenvalue weighted by molar-refractivity contribution is -0.138. The van der Waals surface area contributed by atoms with Crippen LogP contribution in [-0.2, 0) is 6.18 Å². The lowest BCUT2D eigenvalue weighted by Gasteiger charge is -2.31. The molecule has 2 rings (SSSR count). The molecule has 1 atom stereocenters. The van der Waals surface area contributed by atoms with E-state index in [2.05, 4.69) is 4.90 Å². The van der Waals surface area contributed by atoms with Gasteiger partial charge < -0.3 is 5.73 Å². The molecule has 112 valence electrons. The third-order valence-corrected chi connectivity index (χ3v) is 4.59. The molecule has 1 fully saturated rings. The molecule has 20 heavy (non-hydrogen) atoms. The normalized spacial score (nSPS) is 19.6. The van der Waals surface area contributed by atoms with Crippen molar-refractivity contribution in [2.45, 2.75) is 18.6 Å². The number of benzene rings is 1. The molecule has 1 unspecified atom stereocenters. The van der Waals surface area contributed by atoms with Crippen molar-refractivity contribution in [1.82, 2.24) is 4.90 Å². The van der Waals surface area contributed by atoms with Crippen molar-refractivity contribution in [1.29, 1.82) is 0 Å². The van der Waals surface area contributed by atoms with Gasteiger partial charge in [-0.2, -0.15) is 24.9 Å². The highest BCUT2D eigenvalue weighted by molar-refractivity contribution is 7.99. The number of nitrogens with zero attached hydrogens (tertiary/aromatic N) is 1. The van der Waals surface area contributed by atoms with E-state index < -0.39 is 11.7 Å². The molecular formula is C14H19F3N2S. The van der Waals surface area contributed by atoms with Gasteiger partial charge in [-0.15, -0.1) is 0 Å². The van der Waals surface area contributed by atoms with Crippen LogP contribution >= 0.6 is 11.8 Å². The van der Waals surface area contributed by atoms with Crippen LogP contribution in [0, 0.1) is 0 Å². The average Bonchev–Trinajstić information content (AvgIpc) is 2.68. The van der Waals surface area contributed by atoms with E-state index in [4.69, 9.17) is 5.73 Å². The zero-order valence-corrected chi connectivity index (χ0v) is 12.0. The van der Waals surface area contributed by atoms with E-state index in [1.54, 1.807) is 12.1 Å². The summed E-state index contributed by atoms with van der Waals surface area (Å²) in [5.74, 6) is 2.01. The first-order chi connectivity index (χ1) is 9.54. The summed E-state index contributed by atoms with van der Waals surface area (Å²) < 4.78 is 39.4. The minimum atomic E-state index is -4.33. The third-order valence-electron chi connectivity index (χ3n) is 3.55. The first-order valence-corrected chi connectivity index (χ1v) is 7.87. The quantitative estimate of drug-likeness (QED) is 0.930. The van der Waals surface area contributed by atoms with Gasteiger partial charge in [0.05, 0.1) is 5.56 Å². The van der Waals surface area contributed by atoms with Crippen LogP contribution in [0.15, 0.2) is 24.3 Å². The summed E-state index contributed by atoms with van der Waals surface area (Å²) in [4.78, 5) is 2.09. The van der Waals surface area contributed by atoms with E-state index >= 15 is 0 Å². The largest absolute Gasteiger partial charge is 0.416 e. The molecule has 1 aliphatic heterocycles. The molecule has 1 saturated heterocycles. The summed E-state index contributed by atoms with van der Waals surface area (Å²) in [7, 11) is 0. The third kappa shape index (κ3) is 3.68.